The molecule has 1 atom stereocenters. The fourth-order valence-electron chi connectivity index (χ4n) is 3.50. The fourth-order valence-corrected chi connectivity index (χ4v) is 3.50. The van der Waals surface area contributed by atoms with E-state index in [9.17, 15) is 4.79 Å². The van der Waals surface area contributed by atoms with E-state index in [1.165, 1.54) is 5.56 Å². The summed E-state index contributed by atoms with van der Waals surface area (Å²) in [6.07, 6.45) is 2.72. The molecule has 6 heteroatoms. The topological polar surface area (TPSA) is 60.2 Å². The molecule has 4 rings (SSSR count). The first-order chi connectivity index (χ1) is 11.6. The maximum atomic E-state index is 12.9. The molecule has 2 aliphatic rings. The standard InChI is InChI=1S/C18H22N4O2/c1-13-7-8-22(16-6-4-3-5-14(13)16)17(23)15-9-21(20-19-15)10-18(2)11-24-12-18/h3-6,9,13H,7-8,10-12H2,1-2H3. The number of hydrogen-bond acceptors (Lipinski definition) is 4. The molecule has 1 aromatic heterocycles. The highest BCUT2D eigenvalue weighted by molar-refractivity contribution is 6.05. The number of hydrogen-bond donors (Lipinski definition) is 0. The molecule has 0 spiro atoms. The van der Waals surface area contributed by atoms with Crippen LogP contribution in [0.1, 0.15) is 42.2 Å². The first-order valence-corrected chi connectivity index (χ1v) is 8.44. The van der Waals surface area contributed by atoms with Crippen LogP contribution in [0.15, 0.2) is 30.5 Å². The van der Waals surface area contributed by atoms with Crippen molar-refractivity contribution in [1.29, 1.82) is 0 Å². The molecule has 6 nitrogen and oxygen atoms in total. The van der Waals surface area contributed by atoms with Crippen LogP contribution in [0.3, 0.4) is 0 Å². The Morgan fingerprint density at radius 3 is 2.92 bits per heavy atom. The van der Waals surface area contributed by atoms with Crippen LogP contribution in [-0.4, -0.2) is 40.7 Å². The first-order valence-electron chi connectivity index (χ1n) is 8.44. The van der Waals surface area contributed by atoms with Crippen molar-refractivity contribution in [3.8, 4) is 0 Å². The Balaban J connectivity index is 1.56. The molecule has 1 saturated heterocycles. The summed E-state index contributed by atoms with van der Waals surface area (Å²) in [7, 11) is 0. The van der Waals surface area contributed by atoms with Gasteiger partial charge in [0.25, 0.3) is 5.91 Å². The van der Waals surface area contributed by atoms with E-state index in [1.807, 2.05) is 23.1 Å². The van der Waals surface area contributed by atoms with Gasteiger partial charge >= 0.3 is 0 Å². The van der Waals surface area contributed by atoms with Gasteiger partial charge in [-0.1, -0.05) is 37.3 Å². The zero-order valence-corrected chi connectivity index (χ0v) is 14.1. The first kappa shape index (κ1) is 15.3. The lowest BCUT2D eigenvalue weighted by Crippen LogP contribution is -2.43. The quantitative estimate of drug-likeness (QED) is 0.869. The fraction of sp³-hybridized carbons (Fsp3) is 0.500. The Morgan fingerprint density at radius 1 is 1.38 bits per heavy atom. The lowest BCUT2D eigenvalue weighted by Gasteiger charge is -2.37. The second-order valence-corrected chi connectivity index (χ2v) is 7.31. The van der Waals surface area contributed by atoms with Crippen molar-refractivity contribution in [2.75, 3.05) is 24.7 Å². The summed E-state index contributed by atoms with van der Waals surface area (Å²) in [5.41, 5.74) is 2.73. The zero-order chi connectivity index (χ0) is 16.7. The number of rotatable bonds is 3. The summed E-state index contributed by atoms with van der Waals surface area (Å²) < 4.78 is 7.03. The Morgan fingerprint density at radius 2 is 2.17 bits per heavy atom. The minimum absolute atomic E-state index is 0.0735. The Kier molecular flexibility index (Phi) is 3.64. The zero-order valence-electron chi connectivity index (χ0n) is 14.1. The minimum atomic E-state index is -0.0735. The summed E-state index contributed by atoms with van der Waals surface area (Å²) in [5.74, 6) is 0.398. The second-order valence-electron chi connectivity index (χ2n) is 7.31. The summed E-state index contributed by atoms with van der Waals surface area (Å²) in [6, 6.07) is 8.13. The highest BCUT2D eigenvalue weighted by Gasteiger charge is 2.35. The smallest absolute Gasteiger partial charge is 0.280 e. The van der Waals surface area contributed by atoms with Gasteiger partial charge in [0, 0.05) is 17.6 Å². The summed E-state index contributed by atoms with van der Waals surface area (Å²) in [4.78, 5) is 14.7. The predicted octanol–water partition coefficient (Wildman–Crippen LogP) is 2.47. The lowest BCUT2D eigenvalue weighted by atomic mass is 9.89. The Bertz CT molecular complexity index is 766. The maximum Gasteiger partial charge on any atom is 0.280 e. The van der Waals surface area contributed by atoms with Crippen molar-refractivity contribution in [1.82, 2.24) is 15.0 Å². The molecule has 126 valence electrons. The number of carbonyl (C=O) groups excluding carboxylic acids is 1. The number of fused-ring (bicyclic) bond motifs is 1. The molecule has 0 aliphatic carbocycles. The number of aromatic nitrogens is 3. The number of ether oxygens (including phenoxy) is 1. The van der Waals surface area contributed by atoms with Crippen LogP contribution >= 0.6 is 0 Å². The van der Waals surface area contributed by atoms with Gasteiger partial charge in [0.2, 0.25) is 0 Å². The number of anilines is 1. The number of amides is 1. The maximum absolute atomic E-state index is 12.9. The van der Waals surface area contributed by atoms with E-state index in [1.54, 1.807) is 10.9 Å². The third-order valence-corrected chi connectivity index (χ3v) is 4.99. The van der Waals surface area contributed by atoms with Crippen LogP contribution in [-0.2, 0) is 11.3 Å². The lowest BCUT2D eigenvalue weighted by molar-refractivity contribution is -0.111. The number of benzene rings is 1. The summed E-state index contributed by atoms with van der Waals surface area (Å²) >= 11 is 0. The van der Waals surface area contributed by atoms with Crippen LogP contribution in [0.4, 0.5) is 5.69 Å². The summed E-state index contributed by atoms with van der Waals surface area (Å²) in [5, 5.41) is 8.24. The largest absolute Gasteiger partial charge is 0.380 e. The Hall–Kier alpha value is -2.21. The average Bonchev–Trinajstić information content (AvgIpc) is 3.02. The van der Waals surface area contributed by atoms with Crippen molar-refractivity contribution < 1.29 is 9.53 Å². The minimum Gasteiger partial charge on any atom is -0.380 e. The number of para-hydroxylation sites is 1. The van der Waals surface area contributed by atoms with Crippen molar-refractivity contribution in [2.45, 2.75) is 32.7 Å². The van der Waals surface area contributed by atoms with E-state index in [0.29, 0.717) is 11.6 Å². The van der Waals surface area contributed by atoms with Crippen LogP contribution < -0.4 is 4.90 Å². The second kappa shape index (κ2) is 5.70. The van der Waals surface area contributed by atoms with Gasteiger partial charge in [0.05, 0.1) is 26.0 Å². The molecule has 1 amide bonds. The van der Waals surface area contributed by atoms with Gasteiger partial charge in [-0.15, -0.1) is 5.10 Å². The van der Waals surface area contributed by atoms with Crippen molar-refractivity contribution >= 4 is 11.6 Å². The highest BCUT2D eigenvalue weighted by atomic mass is 16.5. The van der Waals surface area contributed by atoms with Gasteiger partial charge in [0.15, 0.2) is 5.69 Å². The normalized spacial score (nSPS) is 21.9. The molecule has 3 heterocycles. The van der Waals surface area contributed by atoms with Gasteiger partial charge in [-0.3, -0.25) is 9.48 Å². The third-order valence-electron chi connectivity index (χ3n) is 4.99. The van der Waals surface area contributed by atoms with Gasteiger partial charge < -0.3 is 9.64 Å². The van der Waals surface area contributed by atoms with Crippen LogP contribution in [0.25, 0.3) is 0 Å². The van der Waals surface area contributed by atoms with Crippen LogP contribution in [0.2, 0.25) is 0 Å². The molecule has 24 heavy (non-hydrogen) atoms. The summed E-state index contributed by atoms with van der Waals surface area (Å²) in [6.45, 7) is 7.26. The molecule has 0 saturated carbocycles. The van der Waals surface area contributed by atoms with Crippen LogP contribution in [0, 0.1) is 5.41 Å². The molecular formula is C18H22N4O2. The van der Waals surface area contributed by atoms with Gasteiger partial charge in [0.1, 0.15) is 0 Å². The molecule has 1 fully saturated rings. The van der Waals surface area contributed by atoms with Gasteiger partial charge in [-0.2, -0.15) is 0 Å². The number of carbonyl (C=O) groups is 1. The molecule has 2 aliphatic heterocycles. The molecular weight excluding hydrogens is 304 g/mol. The predicted molar refractivity (Wildman–Crippen MR) is 90.1 cm³/mol. The molecule has 1 unspecified atom stereocenters. The number of nitrogens with zero attached hydrogens (tertiary/aromatic N) is 4. The van der Waals surface area contributed by atoms with Crippen molar-refractivity contribution in [3.63, 3.8) is 0 Å². The van der Waals surface area contributed by atoms with E-state index in [0.717, 1.165) is 38.4 Å². The Labute approximate surface area is 141 Å². The monoisotopic (exact) mass is 326 g/mol. The molecule has 0 bridgehead atoms. The van der Waals surface area contributed by atoms with E-state index in [4.69, 9.17) is 4.74 Å². The van der Waals surface area contributed by atoms with Crippen molar-refractivity contribution in [2.24, 2.45) is 5.41 Å². The van der Waals surface area contributed by atoms with Gasteiger partial charge in [-0.25, -0.2) is 0 Å². The molecule has 0 radical (unpaired) electrons. The SMILES string of the molecule is CC1CCN(C(=O)c2cn(CC3(C)COC3)nn2)c2ccccc21. The van der Waals surface area contributed by atoms with Gasteiger partial charge in [-0.05, 0) is 24.0 Å². The molecule has 2 aromatic rings. The van der Waals surface area contributed by atoms with E-state index < -0.39 is 0 Å². The van der Waals surface area contributed by atoms with Crippen LogP contribution in [0.5, 0.6) is 0 Å². The van der Waals surface area contributed by atoms with Crippen molar-refractivity contribution in [3.05, 3.63) is 41.7 Å². The third kappa shape index (κ3) is 2.60. The van der Waals surface area contributed by atoms with E-state index in [2.05, 4.69) is 30.2 Å². The molecule has 1 aromatic carbocycles. The van der Waals surface area contributed by atoms with E-state index in [-0.39, 0.29) is 11.3 Å². The van der Waals surface area contributed by atoms with E-state index >= 15 is 0 Å². The average molecular weight is 326 g/mol. The molecule has 0 N–H and O–H groups in total. The highest BCUT2D eigenvalue weighted by Crippen LogP contribution is 2.35.